The van der Waals surface area contributed by atoms with E-state index in [1.807, 2.05) is 42.5 Å². The fourth-order valence-corrected chi connectivity index (χ4v) is 3.41. The van der Waals surface area contributed by atoms with Crippen molar-refractivity contribution in [3.05, 3.63) is 60.3 Å². The van der Waals surface area contributed by atoms with Crippen LogP contribution >= 0.6 is 0 Å². The third kappa shape index (κ3) is 4.45. The molecule has 0 amide bonds. The van der Waals surface area contributed by atoms with Crippen LogP contribution in [0.4, 0.5) is 17.5 Å². The summed E-state index contributed by atoms with van der Waals surface area (Å²) in [5, 5.41) is 13.8. The lowest BCUT2D eigenvalue weighted by molar-refractivity contribution is 0.174. The molecule has 1 aliphatic heterocycles. The van der Waals surface area contributed by atoms with Crippen LogP contribution in [0.3, 0.4) is 0 Å². The van der Waals surface area contributed by atoms with Crippen LogP contribution in [0.5, 0.6) is 23.0 Å². The van der Waals surface area contributed by atoms with E-state index >= 15 is 0 Å². The van der Waals surface area contributed by atoms with Gasteiger partial charge in [-0.1, -0.05) is 6.07 Å². The number of nitrogens with zero attached hydrogens (tertiary/aromatic N) is 3. The molecule has 2 aromatic carbocycles. The summed E-state index contributed by atoms with van der Waals surface area (Å²) < 4.78 is 21.5. The number of hydrogen-bond donors (Lipinski definition) is 3. The number of rotatable bonds is 8. The van der Waals surface area contributed by atoms with Crippen LogP contribution in [0.1, 0.15) is 5.56 Å². The zero-order chi connectivity index (χ0) is 22.6. The van der Waals surface area contributed by atoms with Gasteiger partial charge < -0.3 is 29.6 Å². The number of nitrogens with one attached hydrogen (secondary N) is 3. The van der Waals surface area contributed by atoms with Crippen molar-refractivity contribution in [2.75, 3.05) is 31.6 Å². The summed E-state index contributed by atoms with van der Waals surface area (Å²) in [6.07, 6.45) is 1.71. The summed E-state index contributed by atoms with van der Waals surface area (Å²) >= 11 is 0. The van der Waals surface area contributed by atoms with Gasteiger partial charge in [-0.3, -0.25) is 5.10 Å². The Morgan fingerprint density at radius 2 is 1.82 bits per heavy atom. The predicted molar refractivity (Wildman–Crippen MR) is 122 cm³/mol. The molecule has 1 aliphatic rings. The SMILES string of the molecule is COc1cc(Nc2ncccc2-c2nc(NCc3ccc4c(c3)OCO4)n[nH]2)cc(OC)c1. The number of aromatic nitrogens is 4. The van der Waals surface area contributed by atoms with Gasteiger partial charge in [0.2, 0.25) is 12.7 Å². The number of aromatic amines is 1. The van der Waals surface area contributed by atoms with Crippen LogP contribution in [0.15, 0.2) is 54.7 Å². The Morgan fingerprint density at radius 3 is 2.64 bits per heavy atom. The molecule has 0 bridgehead atoms. The number of H-pyrrole nitrogens is 1. The zero-order valence-corrected chi connectivity index (χ0v) is 18.1. The van der Waals surface area contributed by atoms with Crippen molar-refractivity contribution in [3.8, 4) is 34.4 Å². The molecule has 3 heterocycles. The molecule has 0 radical (unpaired) electrons. The highest BCUT2D eigenvalue weighted by Crippen LogP contribution is 2.33. The molecule has 4 aromatic rings. The monoisotopic (exact) mass is 446 g/mol. The Hall–Kier alpha value is -4.47. The molecule has 0 aliphatic carbocycles. The van der Waals surface area contributed by atoms with E-state index in [1.165, 1.54) is 0 Å². The molecular formula is C23H22N6O4. The van der Waals surface area contributed by atoms with Gasteiger partial charge in [-0.2, -0.15) is 4.98 Å². The highest BCUT2D eigenvalue weighted by Gasteiger charge is 2.15. The highest BCUT2D eigenvalue weighted by atomic mass is 16.7. The molecular weight excluding hydrogens is 424 g/mol. The molecule has 0 spiro atoms. The van der Waals surface area contributed by atoms with Gasteiger partial charge in [0.05, 0.1) is 19.8 Å². The van der Waals surface area contributed by atoms with Crippen LogP contribution in [0.25, 0.3) is 11.4 Å². The van der Waals surface area contributed by atoms with Crippen LogP contribution in [-0.2, 0) is 6.54 Å². The average molecular weight is 446 g/mol. The highest BCUT2D eigenvalue weighted by molar-refractivity contribution is 5.75. The number of methoxy groups -OCH3 is 2. The Bertz CT molecular complexity index is 1250. The summed E-state index contributed by atoms with van der Waals surface area (Å²) in [5.41, 5.74) is 2.57. The van der Waals surface area contributed by atoms with Gasteiger partial charge in [0.25, 0.3) is 0 Å². The number of anilines is 3. The third-order valence-corrected chi connectivity index (χ3v) is 5.05. The molecule has 10 nitrogen and oxygen atoms in total. The first kappa shape index (κ1) is 20.4. The normalized spacial score (nSPS) is 11.8. The minimum absolute atomic E-state index is 0.251. The van der Waals surface area contributed by atoms with E-state index in [1.54, 1.807) is 26.5 Å². The first-order valence-electron chi connectivity index (χ1n) is 10.2. The Morgan fingerprint density at radius 1 is 1.00 bits per heavy atom. The number of hydrogen-bond acceptors (Lipinski definition) is 9. The van der Waals surface area contributed by atoms with Crippen LogP contribution in [0, 0.1) is 0 Å². The largest absolute Gasteiger partial charge is 0.497 e. The molecule has 10 heteroatoms. The summed E-state index contributed by atoms with van der Waals surface area (Å²) in [4.78, 5) is 9.05. The van der Waals surface area contributed by atoms with Crippen molar-refractivity contribution in [1.29, 1.82) is 0 Å². The van der Waals surface area contributed by atoms with E-state index in [2.05, 4.69) is 30.8 Å². The molecule has 0 atom stereocenters. The lowest BCUT2D eigenvalue weighted by Crippen LogP contribution is -2.01. The second-order valence-corrected chi connectivity index (χ2v) is 7.17. The lowest BCUT2D eigenvalue weighted by atomic mass is 10.2. The van der Waals surface area contributed by atoms with Crippen molar-refractivity contribution in [3.63, 3.8) is 0 Å². The van der Waals surface area contributed by atoms with Gasteiger partial charge >= 0.3 is 0 Å². The van der Waals surface area contributed by atoms with Gasteiger partial charge in [0.1, 0.15) is 17.3 Å². The summed E-state index contributed by atoms with van der Waals surface area (Å²) in [6, 6.07) is 15.1. The second-order valence-electron chi connectivity index (χ2n) is 7.17. The fraction of sp³-hybridized carbons (Fsp3) is 0.174. The predicted octanol–water partition coefficient (Wildman–Crippen LogP) is 3.97. The van der Waals surface area contributed by atoms with Crippen molar-refractivity contribution < 1.29 is 18.9 Å². The number of benzene rings is 2. The number of fused-ring (bicyclic) bond motifs is 1. The quantitative estimate of drug-likeness (QED) is 0.370. The fourth-order valence-electron chi connectivity index (χ4n) is 3.41. The minimum Gasteiger partial charge on any atom is -0.497 e. The van der Waals surface area contributed by atoms with Gasteiger partial charge in [-0.25, -0.2) is 4.98 Å². The third-order valence-electron chi connectivity index (χ3n) is 5.05. The maximum absolute atomic E-state index is 5.43. The number of ether oxygens (including phenoxy) is 4. The van der Waals surface area contributed by atoms with E-state index < -0.39 is 0 Å². The van der Waals surface area contributed by atoms with Crippen LogP contribution in [0.2, 0.25) is 0 Å². The first-order chi connectivity index (χ1) is 16.2. The van der Waals surface area contributed by atoms with Gasteiger partial charge in [0, 0.05) is 36.6 Å². The van der Waals surface area contributed by atoms with E-state index in [0.29, 0.717) is 35.6 Å². The molecule has 0 saturated heterocycles. The van der Waals surface area contributed by atoms with Gasteiger partial charge in [0.15, 0.2) is 17.3 Å². The smallest absolute Gasteiger partial charge is 0.242 e. The van der Waals surface area contributed by atoms with Crippen molar-refractivity contribution in [2.45, 2.75) is 6.54 Å². The molecule has 168 valence electrons. The van der Waals surface area contributed by atoms with Gasteiger partial charge in [-0.05, 0) is 29.8 Å². The Labute approximate surface area is 189 Å². The van der Waals surface area contributed by atoms with Crippen molar-refractivity contribution >= 4 is 17.5 Å². The molecule has 3 N–H and O–H groups in total. The zero-order valence-electron chi connectivity index (χ0n) is 18.1. The van der Waals surface area contributed by atoms with E-state index in [4.69, 9.17) is 18.9 Å². The molecule has 5 rings (SSSR count). The molecule has 2 aromatic heterocycles. The molecule has 33 heavy (non-hydrogen) atoms. The van der Waals surface area contributed by atoms with E-state index in [-0.39, 0.29) is 6.79 Å². The topological polar surface area (TPSA) is 115 Å². The maximum atomic E-state index is 5.43. The summed E-state index contributed by atoms with van der Waals surface area (Å²) in [7, 11) is 3.22. The first-order valence-corrected chi connectivity index (χ1v) is 10.2. The van der Waals surface area contributed by atoms with Crippen LogP contribution in [-0.4, -0.2) is 41.2 Å². The summed E-state index contributed by atoms with van der Waals surface area (Å²) in [5.74, 6) is 4.50. The van der Waals surface area contributed by atoms with E-state index in [9.17, 15) is 0 Å². The summed E-state index contributed by atoms with van der Waals surface area (Å²) in [6.45, 7) is 0.788. The van der Waals surface area contributed by atoms with Crippen molar-refractivity contribution in [2.24, 2.45) is 0 Å². The second kappa shape index (κ2) is 8.95. The average Bonchev–Trinajstić information content (AvgIpc) is 3.52. The standard InChI is InChI=1S/C23H22N6O4/c1-30-16-9-15(10-17(11-16)31-2)26-21-18(4-3-7-24-21)22-27-23(29-28-22)25-12-14-5-6-19-20(8-14)33-13-32-19/h3-11H,12-13H2,1-2H3,(H,24,26)(H2,25,27,28,29). The minimum atomic E-state index is 0.251. The van der Waals surface area contributed by atoms with Crippen LogP contribution < -0.4 is 29.6 Å². The molecule has 0 fully saturated rings. The van der Waals surface area contributed by atoms with Gasteiger partial charge in [-0.15, -0.1) is 5.10 Å². The van der Waals surface area contributed by atoms with Crippen molar-refractivity contribution in [1.82, 2.24) is 20.2 Å². The Kier molecular flexibility index (Phi) is 5.54. The molecule has 0 saturated carbocycles. The maximum Gasteiger partial charge on any atom is 0.242 e. The number of pyridine rings is 1. The Balaban J connectivity index is 1.33. The lowest BCUT2D eigenvalue weighted by Gasteiger charge is -2.12. The molecule has 0 unspecified atom stereocenters. The van der Waals surface area contributed by atoms with E-state index in [0.717, 1.165) is 28.3 Å².